The van der Waals surface area contributed by atoms with Gasteiger partial charge in [-0.25, -0.2) is 4.98 Å². The lowest BCUT2D eigenvalue weighted by molar-refractivity contribution is -0.140. The van der Waals surface area contributed by atoms with Gasteiger partial charge in [-0.15, -0.1) is 0 Å². The van der Waals surface area contributed by atoms with E-state index < -0.39 is 145 Å². The molecule has 99 heavy (non-hydrogen) atoms. The van der Waals surface area contributed by atoms with Crippen LogP contribution in [0.4, 0.5) is 0 Å². The Kier molecular flexibility index (Phi) is 47.8. The summed E-state index contributed by atoms with van der Waals surface area (Å²) in [7, 11) is 0. The number of hydrogen-bond acceptors (Lipinski definition) is 18. The van der Waals surface area contributed by atoms with Gasteiger partial charge in [0.25, 0.3) is 0 Å². The van der Waals surface area contributed by atoms with Crippen LogP contribution in [0.15, 0.2) is 12.5 Å². The highest BCUT2D eigenvalue weighted by Gasteiger charge is 2.39. The quantitative estimate of drug-likeness (QED) is 0.0412. The van der Waals surface area contributed by atoms with Gasteiger partial charge in [0.1, 0.15) is 30.2 Å². The Labute approximate surface area is 589 Å². The average Bonchev–Trinajstić information content (AvgIpc) is 1.82. The van der Waals surface area contributed by atoms with Crippen molar-refractivity contribution in [2.24, 2.45) is 40.3 Å². The minimum absolute atomic E-state index is 0.169. The van der Waals surface area contributed by atoms with Crippen molar-refractivity contribution in [2.75, 3.05) is 6.54 Å². The predicted molar refractivity (Wildman–Crippen MR) is 383 cm³/mol. The highest BCUT2D eigenvalue weighted by atomic mass is 16.4. The fourth-order valence-electron chi connectivity index (χ4n) is 12.6. The third-order valence-corrected chi connectivity index (χ3v) is 18.8. The number of aromatic nitrogens is 2. The molecule has 28 nitrogen and oxygen atoms in total. The maximum absolute atomic E-state index is 14.1. The number of imidazole rings is 1. The largest absolute Gasteiger partial charge is 0.480 e. The highest BCUT2D eigenvalue weighted by Crippen LogP contribution is 2.20. The number of aliphatic hydroxyl groups is 3. The molecule has 0 aliphatic carbocycles. The molecule has 0 spiro atoms. The summed E-state index contributed by atoms with van der Waals surface area (Å²) in [4.78, 5) is 125. The summed E-state index contributed by atoms with van der Waals surface area (Å²) >= 11 is 0. The number of aliphatic hydroxyl groups excluding tert-OH is 3. The first kappa shape index (κ1) is 89.2. The topological polar surface area (TPSA) is 504 Å². The van der Waals surface area contributed by atoms with Crippen LogP contribution in [0.1, 0.15) is 277 Å². The second kappa shape index (κ2) is 53.0. The van der Waals surface area contributed by atoms with Crippen molar-refractivity contribution in [3.05, 3.63) is 18.2 Å². The van der Waals surface area contributed by atoms with E-state index in [1.807, 2.05) is 0 Å². The maximum atomic E-state index is 14.1. The third-order valence-electron chi connectivity index (χ3n) is 18.8. The lowest BCUT2D eigenvalue weighted by Crippen LogP contribution is -2.62. The molecule has 1 aliphatic rings. The van der Waals surface area contributed by atoms with Crippen molar-refractivity contribution in [1.82, 2.24) is 47.2 Å². The van der Waals surface area contributed by atoms with Crippen molar-refractivity contribution < 1.29 is 63.6 Å². The molecule has 14 atom stereocenters. The Bertz CT molecular complexity index is 2430. The number of primary amides is 1. The number of nitrogens with two attached hydrogens (primary N) is 6. The number of H-pyrrole nitrogens is 1. The van der Waals surface area contributed by atoms with Crippen LogP contribution in [0.5, 0.6) is 0 Å². The number of carboxylic acids is 1. The van der Waals surface area contributed by atoms with Crippen LogP contribution in [-0.4, -0.2) is 175 Å². The van der Waals surface area contributed by atoms with Gasteiger partial charge < -0.3 is 97.0 Å². The van der Waals surface area contributed by atoms with Crippen LogP contribution >= 0.6 is 0 Å². The monoisotopic (exact) mass is 1400 g/mol. The van der Waals surface area contributed by atoms with Crippen LogP contribution < -0.4 is 71.6 Å². The van der Waals surface area contributed by atoms with Gasteiger partial charge in [0.2, 0.25) is 47.3 Å². The third kappa shape index (κ3) is 42.9. The van der Waals surface area contributed by atoms with E-state index in [2.05, 4.69) is 54.1 Å². The first-order chi connectivity index (χ1) is 47.2. The van der Waals surface area contributed by atoms with Gasteiger partial charge in [-0.05, 0) is 77.0 Å². The van der Waals surface area contributed by atoms with Gasteiger partial charge in [-0.1, -0.05) is 168 Å². The maximum Gasteiger partial charge on any atom is 0.321 e. The van der Waals surface area contributed by atoms with E-state index in [0.29, 0.717) is 36.7 Å². The summed E-state index contributed by atoms with van der Waals surface area (Å²) < 4.78 is 0. The van der Waals surface area contributed by atoms with E-state index in [-0.39, 0.29) is 25.4 Å². The summed E-state index contributed by atoms with van der Waals surface area (Å²) in [6, 6.07) is -9.31. The molecule has 2 rings (SSSR count). The van der Waals surface area contributed by atoms with E-state index >= 15 is 0 Å². The molecule has 1 aliphatic heterocycles. The second-order valence-electron chi connectivity index (χ2n) is 28.5. The van der Waals surface area contributed by atoms with Gasteiger partial charge in [0.15, 0.2) is 0 Å². The summed E-state index contributed by atoms with van der Waals surface area (Å²) in [5, 5.41) is 59.4. The number of carbonyl (C=O) groups is 9. The molecule has 1 aromatic rings. The van der Waals surface area contributed by atoms with Crippen molar-refractivity contribution in [1.29, 1.82) is 0 Å². The lowest BCUT2D eigenvalue weighted by atomic mass is 9.93. The van der Waals surface area contributed by atoms with Crippen LogP contribution in [0.3, 0.4) is 0 Å². The number of aliphatic carboxylic acids is 1. The minimum atomic E-state index is -1.76. The molecule has 0 aromatic carbocycles. The standard InChI is InChI=1S/C71H133N15O13/c1-5-6-19-28-49(72)29-20-11-7-12-21-30-50(73)31-22-13-8-14-23-32-51(74)33-24-15-9-16-25-34-52(75)35-26-17-10-18-27-36-54(87)37-38-79-62(91)41-55(88)40-60(89)65(47(2)3)85-70(97)66-48(4)81-64(93)44-59(68(95)83-58(43-61(77)90)69(96)86-66)84-67(94)57(39-53-45-78-46-80-53)82-63(92)42-56(76)71(98)99/h45-52,54-60,65-66,87-89H,5-44,72-76H2,1-4H3,(H2,77,90)(H,78,80)(H,79,91)(H,81,93)(H,82,92)(H,83,95)(H,84,94)(H,85,97)(H,86,96)(H,98,99)/t48-,49?,50?,51?,52?,54?,55-,56+,57+,58?,59-,60+,65+,66?/m1/s1. The Balaban J connectivity index is 1.65. The molecule has 28 heteroatoms. The van der Waals surface area contributed by atoms with Crippen molar-refractivity contribution in [3.8, 4) is 0 Å². The molecule has 2 heterocycles. The van der Waals surface area contributed by atoms with Gasteiger partial charge in [-0.3, -0.25) is 43.2 Å². The molecule has 7 unspecified atom stereocenters. The molecule has 1 aromatic heterocycles. The van der Waals surface area contributed by atoms with Crippen molar-refractivity contribution in [2.45, 2.75) is 363 Å². The minimum Gasteiger partial charge on any atom is -0.480 e. The van der Waals surface area contributed by atoms with Crippen molar-refractivity contribution >= 4 is 53.2 Å². The Hall–Kier alpha value is -5.88. The number of hydrogen-bond donors (Lipinski definition) is 18. The zero-order chi connectivity index (χ0) is 73.5. The van der Waals surface area contributed by atoms with Crippen LogP contribution in [0.25, 0.3) is 0 Å². The molecule has 24 N–H and O–H groups in total. The highest BCUT2D eigenvalue weighted by molar-refractivity contribution is 5.99. The number of amides is 8. The summed E-state index contributed by atoms with van der Waals surface area (Å²) in [5.41, 5.74) is 36.9. The molecule has 0 saturated carbocycles. The van der Waals surface area contributed by atoms with Gasteiger partial charge in [0.05, 0.1) is 62.4 Å². The predicted octanol–water partition coefficient (Wildman–Crippen LogP) is 3.80. The van der Waals surface area contributed by atoms with Gasteiger partial charge in [0, 0.05) is 55.4 Å². The Morgan fingerprint density at radius 2 is 1.07 bits per heavy atom. The molecule has 570 valence electrons. The number of unbranched alkanes of at least 4 members (excludes halogenated alkanes) is 18. The number of rotatable bonds is 57. The summed E-state index contributed by atoms with van der Waals surface area (Å²) in [6.45, 7) is 7.10. The average molecular weight is 1400 g/mol. The first-order valence-corrected chi connectivity index (χ1v) is 37.6. The number of aromatic amines is 1. The Morgan fingerprint density at radius 1 is 0.596 bits per heavy atom. The Morgan fingerprint density at radius 3 is 1.52 bits per heavy atom. The number of nitrogens with zero attached hydrogens (tertiary/aromatic N) is 1. The molecule has 1 saturated heterocycles. The lowest BCUT2D eigenvalue weighted by Gasteiger charge is -2.32. The SMILES string of the molecule is CCCCCC(N)CCCCCCCC(N)CCCCCCCC(N)CCCCCCCC(N)CCCCCCCC(O)CCNC(=O)C[C@H](O)C[C@H](O)[C@@H](NC(=O)C1NC(=O)C(CC(N)=O)NC(=O)[C@H](NC(=O)[C@H](Cc2cnc[nH]2)NC(=O)C[C@H](N)C(=O)O)CC(=O)N[C@@H]1C)C(C)C. The molecule has 0 bridgehead atoms. The summed E-state index contributed by atoms with van der Waals surface area (Å²) in [6.07, 6.45) is 33.3. The molecule has 8 amide bonds. The molecular weight excluding hydrogens is 1270 g/mol. The number of nitrogens with one attached hydrogen (secondary N) is 8. The fraction of sp³-hybridized carbons (Fsp3) is 0.831. The fourth-order valence-corrected chi connectivity index (χ4v) is 12.6. The first-order valence-electron chi connectivity index (χ1n) is 37.6. The second-order valence-corrected chi connectivity index (χ2v) is 28.5. The zero-order valence-electron chi connectivity index (χ0n) is 60.5. The van der Waals surface area contributed by atoms with E-state index in [0.717, 1.165) is 77.0 Å². The smallest absolute Gasteiger partial charge is 0.321 e. The van der Waals surface area contributed by atoms with Crippen LogP contribution in [0, 0.1) is 5.92 Å². The zero-order valence-corrected chi connectivity index (χ0v) is 60.5. The van der Waals surface area contributed by atoms with E-state index in [1.165, 1.54) is 141 Å². The molecular formula is C71H133N15O13. The molecule has 0 radical (unpaired) electrons. The van der Waals surface area contributed by atoms with Gasteiger partial charge in [-0.2, -0.15) is 0 Å². The number of carbonyl (C=O) groups excluding carboxylic acids is 8. The normalized spacial score (nSPS) is 19.1. The van der Waals surface area contributed by atoms with E-state index in [4.69, 9.17) is 34.4 Å². The van der Waals surface area contributed by atoms with Crippen molar-refractivity contribution in [3.63, 3.8) is 0 Å². The van der Waals surface area contributed by atoms with E-state index in [1.54, 1.807) is 13.8 Å². The number of carboxylic acid groups (broad SMARTS) is 1. The summed E-state index contributed by atoms with van der Waals surface area (Å²) in [5.74, 6) is -9.57. The van der Waals surface area contributed by atoms with E-state index in [9.17, 15) is 63.6 Å². The van der Waals surface area contributed by atoms with Crippen LogP contribution in [-0.2, 0) is 49.6 Å². The van der Waals surface area contributed by atoms with Crippen LogP contribution in [0.2, 0.25) is 0 Å². The molecule has 1 fully saturated rings. The van der Waals surface area contributed by atoms with Gasteiger partial charge >= 0.3 is 5.97 Å².